The predicted molar refractivity (Wildman–Crippen MR) is 83.0 cm³/mol. The molecule has 3 N–H and O–H groups in total. The van der Waals surface area contributed by atoms with Crippen LogP contribution in [0.5, 0.6) is 0 Å². The van der Waals surface area contributed by atoms with Gasteiger partial charge >= 0.3 is 6.18 Å². The summed E-state index contributed by atoms with van der Waals surface area (Å²) in [5.41, 5.74) is 4.31. The molecular formula is C14H10F3IN2O. The summed E-state index contributed by atoms with van der Waals surface area (Å²) in [6, 6.07) is 10.1. The number of hydrogen-bond donors (Lipinski definition) is 2. The van der Waals surface area contributed by atoms with Crippen LogP contribution in [0, 0.1) is 3.57 Å². The Morgan fingerprint density at radius 2 is 1.81 bits per heavy atom. The van der Waals surface area contributed by atoms with E-state index < -0.39 is 23.3 Å². The van der Waals surface area contributed by atoms with Crippen LogP contribution in [0.2, 0.25) is 0 Å². The molecule has 0 saturated carbocycles. The average Bonchev–Trinajstić information content (AvgIpc) is 2.40. The SMILES string of the molecule is Nc1ccc(C(=O)Nc2ccccc2I)cc1C(F)(F)F. The molecule has 0 aromatic heterocycles. The molecule has 3 nitrogen and oxygen atoms in total. The lowest BCUT2D eigenvalue weighted by Gasteiger charge is -2.12. The minimum atomic E-state index is -4.60. The van der Waals surface area contributed by atoms with Crippen molar-refractivity contribution in [2.45, 2.75) is 6.18 Å². The summed E-state index contributed by atoms with van der Waals surface area (Å²) in [4.78, 5) is 12.0. The van der Waals surface area contributed by atoms with Gasteiger partial charge in [0.25, 0.3) is 5.91 Å². The number of para-hydroxylation sites is 1. The number of nitrogen functional groups attached to an aromatic ring is 1. The summed E-state index contributed by atoms with van der Waals surface area (Å²) in [5, 5.41) is 2.57. The predicted octanol–water partition coefficient (Wildman–Crippen LogP) is 4.14. The molecule has 0 radical (unpaired) electrons. The van der Waals surface area contributed by atoms with Crippen LogP contribution in [0.3, 0.4) is 0 Å². The minimum absolute atomic E-state index is 0.101. The van der Waals surface area contributed by atoms with E-state index in [9.17, 15) is 18.0 Å². The van der Waals surface area contributed by atoms with Gasteiger partial charge in [-0.2, -0.15) is 13.2 Å². The number of benzene rings is 2. The van der Waals surface area contributed by atoms with Crippen LogP contribution in [0.1, 0.15) is 15.9 Å². The summed E-state index contributed by atoms with van der Waals surface area (Å²) in [5.74, 6) is -0.621. The Labute approximate surface area is 132 Å². The van der Waals surface area contributed by atoms with Crippen molar-refractivity contribution in [2.75, 3.05) is 11.1 Å². The van der Waals surface area contributed by atoms with Crippen LogP contribution in [-0.2, 0) is 6.18 Å². The number of halogens is 4. The average molecular weight is 406 g/mol. The number of amides is 1. The second-order valence-corrected chi connectivity index (χ2v) is 5.40. The Balaban J connectivity index is 2.31. The molecule has 2 rings (SSSR count). The second-order valence-electron chi connectivity index (χ2n) is 4.23. The normalized spacial score (nSPS) is 11.2. The second kappa shape index (κ2) is 5.92. The van der Waals surface area contributed by atoms with E-state index in [1.165, 1.54) is 6.07 Å². The summed E-state index contributed by atoms with van der Waals surface area (Å²) >= 11 is 2.02. The highest BCUT2D eigenvalue weighted by Crippen LogP contribution is 2.34. The third-order valence-electron chi connectivity index (χ3n) is 2.74. The summed E-state index contributed by atoms with van der Waals surface area (Å²) in [7, 11) is 0. The molecule has 0 heterocycles. The first-order valence-electron chi connectivity index (χ1n) is 5.81. The molecule has 0 bridgehead atoms. The lowest BCUT2D eigenvalue weighted by atomic mass is 10.1. The number of carbonyl (C=O) groups is 1. The van der Waals surface area contributed by atoms with Gasteiger partial charge in [0.15, 0.2) is 0 Å². The van der Waals surface area contributed by atoms with Gasteiger partial charge in [-0.3, -0.25) is 4.79 Å². The molecule has 0 fully saturated rings. The van der Waals surface area contributed by atoms with Gasteiger partial charge in [-0.1, -0.05) is 12.1 Å². The maximum Gasteiger partial charge on any atom is 0.418 e. The molecule has 7 heteroatoms. The fraction of sp³-hybridized carbons (Fsp3) is 0.0714. The van der Waals surface area contributed by atoms with Gasteiger partial charge in [0, 0.05) is 14.8 Å². The standard InChI is InChI=1S/C14H10F3IN2O/c15-14(16,17)9-7-8(5-6-11(9)19)13(21)20-12-4-2-1-3-10(12)18/h1-7H,19H2,(H,20,21). The highest BCUT2D eigenvalue weighted by Gasteiger charge is 2.33. The smallest absolute Gasteiger partial charge is 0.398 e. The molecule has 0 saturated heterocycles. The van der Waals surface area contributed by atoms with E-state index in [-0.39, 0.29) is 5.56 Å². The molecule has 0 aliphatic carbocycles. The van der Waals surface area contributed by atoms with E-state index in [0.29, 0.717) is 5.69 Å². The van der Waals surface area contributed by atoms with Gasteiger partial charge in [-0.15, -0.1) is 0 Å². The summed E-state index contributed by atoms with van der Waals surface area (Å²) in [6.45, 7) is 0. The van der Waals surface area contributed by atoms with Gasteiger partial charge in [-0.05, 0) is 52.9 Å². The van der Waals surface area contributed by atoms with E-state index in [2.05, 4.69) is 5.32 Å². The van der Waals surface area contributed by atoms with E-state index in [1.54, 1.807) is 24.3 Å². The fourth-order valence-corrected chi connectivity index (χ4v) is 2.22. The highest BCUT2D eigenvalue weighted by atomic mass is 127. The molecule has 0 atom stereocenters. The van der Waals surface area contributed by atoms with Gasteiger partial charge in [0.1, 0.15) is 0 Å². The zero-order chi connectivity index (χ0) is 15.6. The summed E-state index contributed by atoms with van der Waals surface area (Å²) in [6.07, 6.45) is -4.60. The molecule has 0 unspecified atom stereocenters. The third-order valence-corrected chi connectivity index (χ3v) is 3.68. The minimum Gasteiger partial charge on any atom is -0.398 e. The Bertz CT molecular complexity index is 686. The van der Waals surface area contributed by atoms with Crippen molar-refractivity contribution in [3.8, 4) is 0 Å². The lowest BCUT2D eigenvalue weighted by Crippen LogP contribution is -2.15. The fourth-order valence-electron chi connectivity index (χ4n) is 1.70. The van der Waals surface area contributed by atoms with Crippen LogP contribution < -0.4 is 11.1 Å². The molecule has 0 aliphatic rings. The van der Waals surface area contributed by atoms with Gasteiger partial charge in [0.05, 0.1) is 11.3 Å². The Morgan fingerprint density at radius 1 is 1.14 bits per heavy atom. The number of nitrogens with one attached hydrogen (secondary N) is 1. The zero-order valence-electron chi connectivity index (χ0n) is 10.5. The molecule has 0 aliphatic heterocycles. The molecular weight excluding hydrogens is 396 g/mol. The van der Waals surface area contributed by atoms with Crippen molar-refractivity contribution in [2.24, 2.45) is 0 Å². The van der Waals surface area contributed by atoms with Crippen LogP contribution in [0.15, 0.2) is 42.5 Å². The first-order chi connectivity index (χ1) is 9.79. The first-order valence-corrected chi connectivity index (χ1v) is 6.89. The van der Waals surface area contributed by atoms with Crippen LogP contribution >= 0.6 is 22.6 Å². The molecule has 2 aromatic carbocycles. The van der Waals surface area contributed by atoms with E-state index in [4.69, 9.17) is 5.73 Å². The number of alkyl halides is 3. The van der Waals surface area contributed by atoms with Gasteiger partial charge in [0.2, 0.25) is 0 Å². The van der Waals surface area contributed by atoms with E-state index in [1.807, 2.05) is 22.6 Å². The van der Waals surface area contributed by atoms with E-state index in [0.717, 1.165) is 15.7 Å². The first kappa shape index (κ1) is 15.6. The molecule has 21 heavy (non-hydrogen) atoms. The van der Waals surface area contributed by atoms with Crippen molar-refractivity contribution in [3.63, 3.8) is 0 Å². The van der Waals surface area contributed by atoms with Crippen molar-refractivity contribution < 1.29 is 18.0 Å². The number of anilines is 2. The summed E-state index contributed by atoms with van der Waals surface area (Å²) < 4.78 is 39.1. The van der Waals surface area contributed by atoms with E-state index >= 15 is 0 Å². The maximum absolute atomic E-state index is 12.8. The number of nitrogens with two attached hydrogens (primary N) is 1. The van der Waals surface area contributed by atoms with Crippen molar-refractivity contribution in [3.05, 3.63) is 57.2 Å². The van der Waals surface area contributed by atoms with Gasteiger partial charge < -0.3 is 11.1 Å². The molecule has 0 spiro atoms. The topological polar surface area (TPSA) is 55.1 Å². The molecule has 2 aromatic rings. The van der Waals surface area contributed by atoms with Gasteiger partial charge in [-0.25, -0.2) is 0 Å². The van der Waals surface area contributed by atoms with Crippen molar-refractivity contribution >= 4 is 39.9 Å². The Hall–Kier alpha value is -1.77. The number of carbonyl (C=O) groups excluding carboxylic acids is 1. The van der Waals surface area contributed by atoms with Crippen LogP contribution in [0.25, 0.3) is 0 Å². The molecule has 1 amide bonds. The van der Waals surface area contributed by atoms with Crippen LogP contribution in [-0.4, -0.2) is 5.91 Å². The Morgan fingerprint density at radius 3 is 2.43 bits per heavy atom. The lowest BCUT2D eigenvalue weighted by molar-refractivity contribution is -0.136. The quantitative estimate of drug-likeness (QED) is 0.582. The van der Waals surface area contributed by atoms with Crippen molar-refractivity contribution in [1.82, 2.24) is 0 Å². The third kappa shape index (κ3) is 3.66. The maximum atomic E-state index is 12.8. The largest absolute Gasteiger partial charge is 0.418 e. The highest BCUT2D eigenvalue weighted by molar-refractivity contribution is 14.1. The molecule has 110 valence electrons. The van der Waals surface area contributed by atoms with Crippen molar-refractivity contribution in [1.29, 1.82) is 0 Å². The zero-order valence-corrected chi connectivity index (χ0v) is 12.7. The Kier molecular flexibility index (Phi) is 4.40. The monoisotopic (exact) mass is 406 g/mol. The van der Waals surface area contributed by atoms with Crippen LogP contribution in [0.4, 0.5) is 24.5 Å². The number of rotatable bonds is 2. The number of hydrogen-bond acceptors (Lipinski definition) is 2.